The molecule has 1 unspecified atom stereocenters. The summed E-state index contributed by atoms with van der Waals surface area (Å²) in [5.74, 6) is -0.899. The first kappa shape index (κ1) is 27.8. The lowest BCUT2D eigenvalue weighted by atomic mass is 9.94. The van der Waals surface area contributed by atoms with E-state index in [1.54, 1.807) is 0 Å². The molecule has 0 amide bonds. The molecule has 2 heterocycles. The van der Waals surface area contributed by atoms with Gasteiger partial charge < -0.3 is 28.4 Å². The van der Waals surface area contributed by atoms with E-state index in [4.69, 9.17) is 28.4 Å². The third-order valence-electron chi connectivity index (χ3n) is 7.44. The number of hydrogen-bond donors (Lipinski definition) is 0. The quantitative estimate of drug-likeness (QED) is 0.187. The molecule has 4 aromatic rings. The Kier molecular flexibility index (Phi) is 9.17. The van der Waals surface area contributed by atoms with Gasteiger partial charge in [-0.3, -0.25) is 0 Å². The average Bonchev–Trinajstić information content (AvgIpc) is 3.80. The zero-order valence-corrected chi connectivity index (χ0v) is 23.0. The predicted molar refractivity (Wildman–Crippen MR) is 155 cm³/mol. The fraction of sp³-hybridized carbons (Fsp3) is 0.314. The van der Waals surface area contributed by atoms with Gasteiger partial charge >= 0.3 is 0 Å². The van der Waals surface area contributed by atoms with Crippen LogP contribution in [0.15, 0.2) is 121 Å². The Morgan fingerprint density at radius 1 is 0.537 bits per heavy atom. The lowest BCUT2D eigenvalue weighted by Gasteiger charge is -2.45. The van der Waals surface area contributed by atoms with Crippen molar-refractivity contribution in [2.75, 3.05) is 13.2 Å². The van der Waals surface area contributed by atoms with Crippen molar-refractivity contribution < 1.29 is 28.4 Å². The predicted octanol–water partition coefficient (Wildman–Crippen LogP) is 6.08. The molecule has 0 saturated carbocycles. The van der Waals surface area contributed by atoms with E-state index in [2.05, 4.69) is 36.4 Å². The summed E-state index contributed by atoms with van der Waals surface area (Å²) in [5.41, 5.74) is 4.32. The molecule has 4 aromatic carbocycles. The Bertz CT molecular complexity index is 1310. The Labute approximate surface area is 241 Å². The molecule has 2 saturated heterocycles. The van der Waals surface area contributed by atoms with Crippen LogP contribution in [0.1, 0.15) is 22.3 Å². The molecule has 6 rings (SSSR count). The van der Waals surface area contributed by atoms with Crippen molar-refractivity contribution in [1.29, 1.82) is 0 Å². The minimum Gasteiger partial charge on any atom is -0.374 e. The number of rotatable bonds is 13. The van der Waals surface area contributed by atoms with E-state index >= 15 is 0 Å². The van der Waals surface area contributed by atoms with Crippen LogP contribution in [-0.2, 0) is 54.8 Å². The summed E-state index contributed by atoms with van der Waals surface area (Å²) in [4.78, 5) is 0. The zero-order valence-electron chi connectivity index (χ0n) is 23.0. The van der Waals surface area contributed by atoms with Crippen LogP contribution < -0.4 is 0 Å². The largest absolute Gasteiger partial charge is 0.374 e. The van der Waals surface area contributed by atoms with Crippen LogP contribution in [0.25, 0.3) is 0 Å². The van der Waals surface area contributed by atoms with Gasteiger partial charge in [0, 0.05) is 0 Å². The minimum absolute atomic E-state index is 0.329. The van der Waals surface area contributed by atoms with E-state index in [9.17, 15) is 0 Å². The first-order valence-electron chi connectivity index (χ1n) is 14.2. The molecule has 41 heavy (non-hydrogen) atoms. The molecule has 0 radical (unpaired) electrons. The SMILES string of the molecule is c1ccc(COC[C@H]2OC3(CO3)[C@H](OCc3ccccc3)[C@@H](OCc3ccccc3)[C@@H]2OCc2ccccc2)cc1. The third-order valence-corrected chi connectivity index (χ3v) is 7.44. The van der Waals surface area contributed by atoms with Crippen molar-refractivity contribution in [2.24, 2.45) is 0 Å². The minimum atomic E-state index is -0.899. The van der Waals surface area contributed by atoms with Gasteiger partial charge in [0.25, 0.3) is 0 Å². The van der Waals surface area contributed by atoms with E-state index in [1.807, 2.05) is 84.9 Å². The normalized spacial score (nSPS) is 25.3. The van der Waals surface area contributed by atoms with E-state index in [1.165, 1.54) is 0 Å². The molecule has 6 heteroatoms. The Hall–Kier alpha value is -3.36. The van der Waals surface area contributed by atoms with Gasteiger partial charge in [-0.05, 0) is 22.3 Å². The molecule has 0 N–H and O–H groups in total. The van der Waals surface area contributed by atoms with Crippen LogP contribution in [-0.4, -0.2) is 43.4 Å². The smallest absolute Gasteiger partial charge is 0.222 e. The molecule has 2 aliphatic heterocycles. The van der Waals surface area contributed by atoms with Crippen molar-refractivity contribution in [3.63, 3.8) is 0 Å². The van der Waals surface area contributed by atoms with Crippen molar-refractivity contribution in [3.05, 3.63) is 144 Å². The Balaban J connectivity index is 1.25. The molecular formula is C35H36O6. The topological polar surface area (TPSA) is 58.7 Å². The molecule has 1 spiro atoms. The van der Waals surface area contributed by atoms with E-state index in [0.717, 1.165) is 22.3 Å². The zero-order chi connectivity index (χ0) is 27.7. The lowest BCUT2D eigenvalue weighted by molar-refractivity contribution is -0.303. The van der Waals surface area contributed by atoms with Gasteiger partial charge in [-0.25, -0.2) is 0 Å². The third kappa shape index (κ3) is 7.29. The summed E-state index contributed by atoms with van der Waals surface area (Å²) in [5, 5.41) is 0. The van der Waals surface area contributed by atoms with Crippen LogP contribution in [0.2, 0.25) is 0 Å². The standard InChI is InChI=1S/C35H36O6/c1-5-13-27(14-6-1)21-36-25-31-32(37-22-28-15-7-2-8-16-28)33(38-23-29-17-9-3-10-18-29)34(35(41-31)26-40-35)39-24-30-19-11-4-12-20-30/h1-20,31-34H,21-26H2/t31-,32-,33+,34-,35?/m1/s1. The fourth-order valence-corrected chi connectivity index (χ4v) is 5.22. The van der Waals surface area contributed by atoms with Crippen LogP contribution in [0, 0.1) is 0 Å². The van der Waals surface area contributed by atoms with Gasteiger partial charge in [-0.1, -0.05) is 121 Å². The molecule has 0 aromatic heterocycles. The summed E-state index contributed by atoms with van der Waals surface area (Å²) in [6.07, 6.45) is -1.81. The summed E-state index contributed by atoms with van der Waals surface area (Å²) < 4.78 is 38.7. The van der Waals surface area contributed by atoms with E-state index in [0.29, 0.717) is 39.6 Å². The summed E-state index contributed by atoms with van der Waals surface area (Å²) in [6, 6.07) is 40.5. The summed E-state index contributed by atoms with van der Waals surface area (Å²) in [6.45, 7) is 2.47. The highest BCUT2D eigenvalue weighted by molar-refractivity contribution is 5.17. The van der Waals surface area contributed by atoms with Crippen LogP contribution in [0.5, 0.6) is 0 Å². The van der Waals surface area contributed by atoms with Crippen molar-refractivity contribution in [1.82, 2.24) is 0 Å². The molecule has 212 valence electrons. The maximum Gasteiger partial charge on any atom is 0.222 e. The second-order valence-electron chi connectivity index (χ2n) is 10.5. The molecule has 0 aliphatic carbocycles. The van der Waals surface area contributed by atoms with Crippen LogP contribution in [0.3, 0.4) is 0 Å². The average molecular weight is 553 g/mol. The van der Waals surface area contributed by atoms with Crippen LogP contribution >= 0.6 is 0 Å². The highest BCUT2D eigenvalue weighted by Crippen LogP contribution is 2.45. The number of benzene rings is 4. The maximum atomic E-state index is 6.68. The van der Waals surface area contributed by atoms with Crippen LogP contribution in [0.4, 0.5) is 0 Å². The molecule has 0 bridgehead atoms. The summed E-state index contributed by atoms with van der Waals surface area (Å²) >= 11 is 0. The molecule has 2 fully saturated rings. The molecule has 6 nitrogen and oxygen atoms in total. The van der Waals surface area contributed by atoms with Crippen molar-refractivity contribution >= 4 is 0 Å². The number of epoxide rings is 1. The van der Waals surface area contributed by atoms with E-state index < -0.39 is 30.2 Å². The fourth-order valence-electron chi connectivity index (χ4n) is 5.22. The molecular weight excluding hydrogens is 516 g/mol. The van der Waals surface area contributed by atoms with Gasteiger partial charge in [-0.2, -0.15) is 0 Å². The Morgan fingerprint density at radius 2 is 0.951 bits per heavy atom. The van der Waals surface area contributed by atoms with Gasteiger partial charge in [-0.15, -0.1) is 0 Å². The number of ether oxygens (including phenoxy) is 6. The first-order chi connectivity index (χ1) is 20.3. The maximum absolute atomic E-state index is 6.68. The highest BCUT2D eigenvalue weighted by Gasteiger charge is 2.65. The van der Waals surface area contributed by atoms with Gasteiger partial charge in [0.1, 0.15) is 31.0 Å². The lowest BCUT2D eigenvalue weighted by Crippen LogP contribution is -2.63. The first-order valence-corrected chi connectivity index (χ1v) is 14.2. The second kappa shape index (κ2) is 13.5. The van der Waals surface area contributed by atoms with Gasteiger partial charge in [0.15, 0.2) is 0 Å². The van der Waals surface area contributed by atoms with Gasteiger partial charge in [0.05, 0.1) is 33.0 Å². The van der Waals surface area contributed by atoms with Gasteiger partial charge in [0.2, 0.25) is 5.79 Å². The van der Waals surface area contributed by atoms with Crippen molar-refractivity contribution in [3.8, 4) is 0 Å². The molecule has 5 atom stereocenters. The second-order valence-corrected chi connectivity index (χ2v) is 10.5. The number of hydrogen-bond acceptors (Lipinski definition) is 6. The monoisotopic (exact) mass is 552 g/mol. The van der Waals surface area contributed by atoms with Crippen molar-refractivity contribution in [2.45, 2.75) is 56.6 Å². The highest BCUT2D eigenvalue weighted by atomic mass is 16.8. The van der Waals surface area contributed by atoms with E-state index in [-0.39, 0.29) is 0 Å². The summed E-state index contributed by atoms with van der Waals surface area (Å²) in [7, 11) is 0. The molecule has 2 aliphatic rings. The Morgan fingerprint density at radius 3 is 1.41 bits per heavy atom.